The molecule has 0 saturated carbocycles. The molecule has 6 amide bonds. The van der Waals surface area contributed by atoms with Crippen LogP contribution < -0.4 is 21.3 Å². The average molecular weight is 883 g/mol. The second kappa shape index (κ2) is 19.6. The first-order valence-corrected chi connectivity index (χ1v) is 20.8. The van der Waals surface area contributed by atoms with E-state index in [0.717, 1.165) is 12.8 Å². The number of aliphatic hydroxyl groups excluding tert-OH is 2. The van der Waals surface area contributed by atoms with Crippen LogP contribution in [0.5, 0.6) is 0 Å². The molecule has 2 atom stereocenters. The van der Waals surface area contributed by atoms with Gasteiger partial charge in [-0.05, 0) is 113 Å². The van der Waals surface area contributed by atoms with E-state index in [2.05, 4.69) is 31.2 Å². The number of aromatic amines is 2. The second-order valence-corrected chi connectivity index (χ2v) is 16.1. The van der Waals surface area contributed by atoms with Crippen molar-refractivity contribution in [3.05, 3.63) is 104 Å². The fraction of sp³-hybridized carbons (Fsp3) is 0.348. The van der Waals surface area contributed by atoms with Crippen molar-refractivity contribution in [1.82, 2.24) is 30.4 Å². The second-order valence-electron chi connectivity index (χ2n) is 16.1. The van der Waals surface area contributed by atoms with Gasteiger partial charge in [0.1, 0.15) is 23.8 Å². The maximum Gasteiger partial charge on any atom is 0.256 e. The Kier molecular flexibility index (Phi) is 14.3. The topological polar surface area (TPSA) is 229 Å². The van der Waals surface area contributed by atoms with Gasteiger partial charge in [0.05, 0.1) is 22.3 Å². The van der Waals surface area contributed by atoms with Crippen LogP contribution in [0.2, 0.25) is 0 Å². The zero-order chi connectivity index (χ0) is 46.6. The average Bonchev–Trinajstić information content (AvgIpc) is 4.06. The summed E-state index contributed by atoms with van der Waals surface area (Å²) in [5.74, 6) is -3.00. The van der Waals surface area contributed by atoms with Gasteiger partial charge in [-0.2, -0.15) is 0 Å². The van der Waals surface area contributed by atoms with E-state index in [1.54, 1.807) is 58.8 Å². The highest BCUT2D eigenvalue weighted by Gasteiger charge is 2.29. The van der Waals surface area contributed by atoms with E-state index in [4.69, 9.17) is 0 Å². The molecule has 1 saturated heterocycles. The molecule has 64 heavy (non-hydrogen) atoms. The normalized spacial score (nSPS) is 16.1. The van der Waals surface area contributed by atoms with Gasteiger partial charge in [-0.1, -0.05) is 0 Å². The smallest absolute Gasteiger partial charge is 0.256 e. The number of aliphatic hydroxyl groups is 2. The van der Waals surface area contributed by atoms with Gasteiger partial charge in [0, 0.05) is 85.6 Å². The van der Waals surface area contributed by atoms with Crippen LogP contribution >= 0.6 is 0 Å². The summed E-state index contributed by atoms with van der Waals surface area (Å²) in [5, 5.41) is 30.8. The summed E-state index contributed by atoms with van der Waals surface area (Å²) < 4.78 is 27.4. The predicted octanol–water partition coefficient (Wildman–Crippen LogP) is 4.20. The van der Waals surface area contributed by atoms with Gasteiger partial charge < -0.3 is 51.2 Å². The molecule has 18 heteroatoms. The highest BCUT2D eigenvalue weighted by Crippen LogP contribution is 2.36. The molecule has 7 rings (SSSR count). The standard InChI is InChI=1S/C24H27FN4O4.C22H25FN4O4/c1-13-19(12-17-16-11-15(25)5-6-18(16)28-22(17)31)27-14(2)21(13)23(32)26-8-7-20(30)24(33)29-9-3-4-10-29;1-11-17(10-15-14-9-13(23)5-6-16(14)26-20(15)29)25-12(2)19(11)21(30)24-8-7-18(28)22(31)27(3)4/h5-6,11-12,20,27,30H,3-4,7-10H2,1-2H3,(H,26,32)(H,28,31);5-6,9-10,18,25,28H,7-8H2,1-4H3,(H,24,30)(H,26,29)/b17-12-;15-10-/t20-;18-/m00/s1. The minimum atomic E-state index is -1.19. The van der Waals surface area contributed by atoms with Crippen LogP contribution in [-0.2, 0) is 19.2 Å². The maximum atomic E-state index is 13.7. The molecule has 4 aromatic rings. The molecule has 3 aliphatic heterocycles. The summed E-state index contributed by atoms with van der Waals surface area (Å²) in [5.41, 5.74) is 7.07. The number of hydrogen-bond donors (Lipinski definition) is 8. The molecule has 0 radical (unpaired) electrons. The number of likely N-dealkylation sites (tertiary alicyclic amines) is 1. The number of carbonyl (C=O) groups excluding carboxylic acids is 6. The van der Waals surface area contributed by atoms with Crippen LogP contribution in [0.3, 0.4) is 0 Å². The first-order valence-electron chi connectivity index (χ1n) is 20.8. The van der Waals surface area contributed by atoms with Gasteiger partial charge in [-0.3, -0.25) is 28.8 Å². The van der Waals surface area contributed by atoms with Crippen LogP contribution in [-0.4, -0.2) is 118 Å². The number of likely N-dealkylation sites (N-methyl/N-ethyl adjacent to an activating group) is 1. The SMILES string of the molecule is Cc1[nH]c(/C=C2\C(=O)Nc3ccc(F)cc32)c(C)c1C(=O)NCC[C@H](O)C(=O)N(C)C.Cc1[nH]c(/C=C2\C(=O)Nc3ccc(F)cc32)c(C)c1C(=O)NCC[C@H](O)C(=O)N1CCCC1. The molecule has 0 unspecified atom stereocenters. The molecule has 0 aliphatic carbocycles. The van der Waals surface area contributed by atoms with Crippen LogP contribution in [0.1, 0.15) is 91.4 Å². The number of fused-ring (bicyclic) bond motifs is 2. The Hall–Kier alpha value is -6.92. The number of aryl methyl sites for hydroxylation is 2. The van der Waals surface area contributed by atoms with E-state index in [1.807, 2.05) is 0 Å². The van der Waals surface area contributed by atoms with Crippen molar-refractivity contribution in [2.24, 2.45) is 0 Å². The molecule has 5 heterocycles. The lowest BCUT2D eigenvalue weighted by molar-refractivity contribution is -0.139. The third-order valence-corrected chi connectivity index (χ3v) is 11.3. The summed E-state index contributed by atoms with van der Waals surface area (Å²) in [6.45, 7) is 8.58. The summed E-state index contributed by atoms with van der Waals surface area (Å²) in [7, 11) is 3.09. The maximum absolute atomic E-state index is 13.7. The Balaban J connectivity index is 0.000000213. The first kappa shape index (κ1) is 46.6. The van der Waals surface area contributed by atoms with Gasteiger partial charge in [0.2, 0.25) is 0 Å². The fourth-order valence-corrected chi connectivity index (χ4v) is 7.93. The van der Waals surface area contributed by atoms with E-state index in [0.29, 0.717) is 91.8 Å². The Morgan fingerprint density at radius 1 is 0.719 bits per heavy atom. The number of carbonyl (C=O) groups is 6. The zero-order valence-corrected chi connectivity index (χ0v) is 36.4. The van der Waals surface area contributed by atoms with Gasteiger partial charge in [-0.15, -0.1) is 0 Å². The molecule has 338 valence electrons. The Labute approximate surface area is 368 Å². The Bertz CT molecular complexity index is 2590. The van der Waals surface area contributed by atoms with Crippen molar-refractivity contribution >= 4 is 70.1 Å². The molecule has 2 aromatic heterocycles. The Morgan fingerprint density at radius 3 is 1.56 bits per heavy atom. The van der Waals surface area contributed by atoms with E-state index in [1.165, 1.54) is 41.3 Å². The number of anilines is 2. The summed E-state index contributed by atoms with van der Waals surface area (Å²) in [4.78, 5) is 83.2. The minimum Gasteiger partial charge on any atom is -0.383 e. The Morgan fingerprint density at radius 2 is 1.14 bits per heavy atom. The first-order chi connectivity index (χ1) is 30.4. The lowest BCUT2D eigenvalue weighted by atomic mass is 10.0. The van der Waals surface area contributed by atoms with Crippen molar-refractivity contribution in [3.63, 3.8) is 0 Å². The van der Waals surface area contributed by atoms with Crippen molar-refractivity contribution < 1.29 is 47.8 Å². The molecule has 0 bridgehead atoms. The largest absolute Gasteiger partial charge is 0.383 e. The quantitative estimate of drug-likeness (QED) is 0.0960. The van der Waals surface area contributed by atoms with Crippen molar-refractivity contribution in [1.29, 1.82) is 0 Å². The molecule has 1 fully saturated rings. The molecule has 0 spiro atoms. The summed E-state index contributed by atoms with van der Waals surface area (Å²) in [6.07, 6.45) is 2.98. The van der Waals surface area contributed by atoms with Crippen LogP contribution in [0.4, 0.5) is 20.2 Å². The van der Waals surface area contributed by atoms with Crippen molar-refractivity contribution in [2.45, 2.75) is 65.6 Å². The van der Waals surface area contributed by atoms with Crippen LogP contribution in [0.25, 0.3) is 23.3 Å². The van der Waals surface area contributed by atoms with Gasteiger partial charge >= 0.3 is 0 Å². The summed E-state index contributed by atoms with van der Waals surface area (Å²) >= 11 is 0. The molecule has 16 nitrogen and oxygen atoms in total. The van der Waals surface area contributed by atoms with Crippen LogP contribution in [0.15, 0.2) is 36.4 Å². The van der Waals surface area contributed by atoms with Crippen LogP contribution in [0, 0.1) is 39.3 Å². The lowest BCUT2D eigenvalue weighted by Gasteiger charge is -2.19. The third-order valence-electron chi connectivity index (χ3n) is 11.3. The highest BCUT2D eigenvalue weighted by atomic mass is 19.1. The fourth-order valence-electron chi connectivity index (χ4n) is 7.93. The molecular weight excluding hydrogens is 831 g/mol. The van der Waals surface area contributed by atoms with E-state index >= 15 is 0 Å². The number of amides is 6. The lowest BCUT2D eigenvalue weighted by Crippen LogP contribution is -2.39. The number of benzene rings is 2. The minimum absolute atomic E-state index is 0.0880. The molecular formula is C46H52F2N8O8. The number of rotatable bonds is 12. The van der Waals surface area contributed by atoms with Gasteiger partial charge in [-0.25, -0.2) is 8.78 Å². The molecule has 3 aliphatic rings. The number of nitrogens with one attached hydrogen (secondary N) is 6. The van der Waals surface area contributed by atoms with Crippen molar-refractivity contribution in [3.8, 4) is 0 Å². The van der Waals surface area contributed by atoms with E-state index in [-0.39, 0.29) is 55.5 Å². The monoisotopic (exact) mass is 882 g/mol. The molecule has 8 N–H and O–H groups in total. The number of nitrogens with zero attached hydrogens (tertiary/aromatic N) is 2. The van der Waals surface area contributed by atoms with E-state index < -0.39 is 29.7 Å². The number of aromatic nitrogens is 2. The number of halogens is 2. The van der Waals surface area contributed by atoms with Gasteiger partial charge in [0.25, 0.3) is 35.4 Å². The predicted molar refractivity (Wildman–Crippen MR) is 237 cm³/mol. The zero-order valence-electron chi connectivity index (χ0n) is 36.4. The number of H-pyrrole nitrogens is 2. The summed E-state index contributed by atoms with van der Waals surface area (Å²) in [6, 6.07) is 8.16. The number of hydrogen-bond acceptors (Lipinski definition) is 8. The molecule has 2 aromatic carbocycles. The third kappa shape index (κ3) is 10.1. The van der Waals surface area contributed by atoms with E-state index in [9.17, 15) is 47.8 Å². The highest BCUT2D eigenvalue weighted by molar-refractivity contribution is 6.35. The van der Waals surface area contributed by atoms with Crippen molar-refractivity contribution in [2.75, 3.05) is 50.9 Å². The van der Waals surface area contributed by atoms with Gasteiger partial charge in [0.15, 0.2) is 0 Å².